The average molecular weight is 238 g/mol. The van der Waals surface area contributed by atoms with Gasteiger partial charge in [0.25, 0.3) is 0 Å². The van der Waals surface area contributed by atoms with Gasteiger partial charge in [0.2, 0.25) is 0 Å². The molecule has 17 heavy (non-hydrogen) atoms. The highest BCUT2D eigenvalue weighted by atomic mass is 15.0. The summed E-state index contributed by atoms with van der Waals surface area (Å²) in [4.78, 5) is 0. The monoisotopic (exact) mass is 238 g/mol. The van der Waals surface area contributed by atoms with E-state index in [0.717, 1.165) is 23.9 Å². The molecule has 2 nitrogen and oxygen atoms in total. The van der Waals surface area contributed by atoms with Gasteiger partial charge in [-0.25, -0.2) is 0 Å². The zero-order chi connectivity index (χ0) is 12.3. The van der Waals surface area contributed by atoms with Crippen LogP contribution >= 0.6 is 0 Å². The van der Waals surface area contributed by atoms with Crippen LogP contribution in [0.3, 0.4) is 0 Å². The minimum atomic E-state index is 0.473. The van der Waals surface area contributed by atoms with Crippen LogP contribution in [0.15, 0.2) is 0 Å². The van der Waals surface area contributed by atoms with Crippen molar-refractivity contribution in [3.05, 3.63) is 0 Å². The summed E-state index contributed by atoms with van der Waals surface area (Å²) in [6, 6.07) is 2.00. The van der Waals surface area contributed by atoms with Gasteiger partial charge in [0.15, 0.2) is 0 Å². The standard InChI is InChI=1S/C15H30N2/c1-11(2)14-5-3-4-6-15(14)17-13-9-7-12(16)8-10-13/h11-15,17H,3-10,16H2,1-2H3. The molecule has 2 aliphatic carbocycles. The number of hydrogen-bond acceptors (Lipinski definition) is 2. The van der Waals surface area contributed by atoms with E-state index in [4.69, 9.17) is 5.73 Å². The lowest BCUT2D eigenvalue weighted by Gasteiger charge is -2.39. The number of nitrogens with one attached hydrogen (secondary N) is 1. The highest BCUT2D eigenvalue weighted by molar-refractivity contribution is 4.87. The quantitative estimate of drug-likeness (QED) is 0.793. The molecule has 0 aromatic heterocycles. The third-order valence-electron chi connectivity index (χ3n) is 4.90. The predicted octanol–water partition coefficient (Wildman–Crippen LogP) is 3.06. The van der Waals surface area contributed by atoms with Crippen molar-refractivity contribution >= 4 is 0 Å². The molecule has 100 valence electrons. The molecule has 2 atom stereocenters. The highest BCUT2D eigenvalue weighted by Gasteiger charge is 2.30. The van der Waals surface area contributed by atoms with Gasteiger partial charge in [-0.1, -0.05) is 26.7 Å². The minimum Gasteiger partial charge on any atom is -0.328 e. The second kappa shape index (κ2) is 6.19. The molecule has 2 unspecified atom stereocenters. The first-order valence-electron chi connectivity index (χ1n) is 7.68. The summed E-state index contributed by atoms with van der Waals surface area (Å²) >= 11 is 0. The van der Waals surface area contributed by atoms with Crippen molar-refractivity contribution < 1.29 is 0 Å². The lowest BCUT2D eigenvalue weighted by atomic mass is 9.77. The van der Waals surface area contributed by atoms with Crippen molar-refractivity contribution in [2.24, 2.45) is 17.6 Å². The van der Waals surface area contributed by atoms with E-state index in [9.17, 15) is 0 Å². The van der Waals surface area contributed by atoms with Gasteiger partial charge in [-0.15, -0.1) is 0 Å². The van der Waals surface area contributed by atoms with Gasteiger partial charge in [0.1, 0.15) is 0 Å². The van der Waals surface area contributed by atoms with E-state index in [0.29, 0.717) is 6.04 Å². The second-order valence-electron chi connectivity index (χ2n) is 6.58. The fourth-order valence-electron chi connectivity index (χ4n) is 3.75. The Balaban J connectivity index is 1.83. The van der Waals surface area contributed by atoms with Gasteiger partial charge in [-0.2, -0.15) is 0 Å². The van der Waals surface area contributed by atoms with Gasteiger partial charge < -0.3 is 11.1 Å². The van der Waals surface area contributed by atoms with Crippen LogP contribution in [0.4, 0.5) is 0 Å². The maximum atomic E-state index is 5.98. The lowest BCUT2D eigenvalue weighted by molar-refractivity contribution is 0.178. The van der Waals surface area contributed by atoms with E-state index < -0.39 is 0 Å². The first-order valence-corrected chi connectivity index (χ1v) is 7.68. The van der Waals surface area contributed by atoms with Crippen LogP contribution < -0.4 is 11.1 Å². The van der Waals surface area contributed by atoms with Crippen LogP contribution in [0.25, 0.3) is 0 Å². The van der Waals surface area contributed by atoms with Crippen molar-refractivity contribution in [1.82, 2.24) is 5.32 Å². The van der Waals surface area contributed by atoms with E-state index in [1.165, 1.54) is 51.4 Å². The minimum absolute atomic E-state index is 0.473. The zero-order valence-corrected chi connectivity index (χ0v) is 11.6. The van der Waals surface area contributed by atoms with Crippen LogP contribution in [-0.4, -0.2) is 18.1 Å². The largest absolute Gasteiger partial charge is 0.328 e. The molecule has 0 radical (unpaired) electrons. The van der Waals surface area contributed by atoms with Crippen molar-refractivity contribution in [2.75, 3.05) is 0 Å². The number of nitrogens with two attached hydrogens (primary N) is 1. The Morgan fingerprint density at radius 2 is 1.59 bits per heavy atom. The van der Waals surface area contributed by atoms with E-state index in [1.807, 2.05) is 0 Å². The van der Waals surface area contributed by atoms with Crippen molar-refractivity contribution in [3.63, 3.8) is 0 Å². The van der Waals surface area contributed by atoms with Crippen LogP contribution in [0.2, 0.25) is 0 Å². The average Bonchev–Trinajstić information content (AvgIpc) is 2.32. The summed E-state index contributed by atoms with van der Waals surface area (Å²) in [5.41, 5.74) is 5.98. The molecule has 0 aromatic carbocycles. The van der Waals surface area contributed by atoms with Crippen LogP contribution in [0, 0.1) is 11.8 Å². The molecule has 2 rings (SSSR count). The third-order valence-corrected chi connectivity index (χ3v) is 4.90. The predicted molar refractivity (Wildman–Crippen MR) is 74.0 cm³/mol. The van der Waals surface area contributed by atoms with Gasteiger partial charge >= 0.3 is 0 Å². The fourth-order valence-corrected chi connectivity index (χ4v) is 3.75. The molecular weight excluding hydrogens is 208 g/mol. The summed E-state index contributed by atoms with van der Waals surface area (Å²) in [6.45, 7) is 4.78. The fraction of sp³-hybridized carbons (Fsp3) is 1.00. The van der Waals surface area contributed by atoms with E-state index in [1.54, 1.807) is 0 Å². The van der Waals surface area contributed by atoms with Gasteiger partial charge in [-0.05, 0) is 50.4 Å². The van der Waals surface area contributed by atoms with E-state index >= 15 is 0 Å². The lowest BCUT2D eigenvalue weighted by Crippen LogP contribution is -2.48. The molecule has 0 aliphatic heterocycles. The molecule has 0 heterocycles. The molecule has 2 saturated carbocycles. The molecule has 0 amide bonds. The summed E-state index contributed by atoms with van der Waals surface area (Å²) in [7, 11) is 0. The number of rotatable bonds is 3. The molecule has 0 bridgehead atoms. The van der Waals surface area contributed by atoms with Crippen molar-refractivity contribution in [3.8, 4) is 0 Å². The molecule has 3 N–H and O–H groups in total. The summed E-state index contributed by atoms with van der Waals surface area (Å²) < 4.78 is 0. The van der Waals surface area contributed by atoms with E-state index in [2.05, 4.69) is 19.2 Å². The Morgan fingerprint density at radius 1 is 0.941 bits per heavy atom. The molecule has 2 heteroatoms. The normalized spacial score (nSPS) is 39.5. The van der Waals surface area contributed by atoms with E-state index in [-0.39, 0.29) is 0 Å². The van der Waals surface area contributed by atoms with Crippen LogP contribution in [0.1, 0.15) is 65.2 Å². The molecule has 2 aliphatic rings. The molecule has 0 aromatic rings. The van der Waals surface area contributed by atoms with Crippen LogP contribution in [-0.2, 0) is 0 Å². The van der Waals surface area contributed by atoms with Crippen molar-refractivity contribution in [1.29, 1.82) is 0 Å². The van der Waals surface area contributed by atoms with Crippen LogP contribution in [0.5, 0.6) is 0 Å². The van der Waals surface area contributed by atoms with Gasteiger partial charge in [0, 0.05) is 18.1 Å². The summed E-state index contributed by atoms with van der Waals surface area (Å²) in [5.74, 6) is 1.73. The Kier molecular flexibility index (Phi) is 4.87. The highest BCUT2D eigenvalue weighted by Crippen LogP contribution is 2.31. The first kappa shape index (κ1) is 13.4. The third kappa shape index (κ3) is 3.69. The van der Waals surface area contributed by atoms with Gasteiger partial charge in [-0.3, -0.25) is 0 Å². The number of hydrogen-bond donors (Lipinski definition) is 2. The Hall–Kier alpha value is -0.0800. The first-order chi connectivity index (χ1) is 8.16. The topological polar surface area (TPSA) is 38.0 Å². The maximum Gasteiger partial charge on any atom is 0.0100 e. The van der Waals surface area contributed by atoms with Crippen molar-refractivity contribution in [2.45, 2.75) is 83.3 Å². The molecular formula is C15H30N2. The maximum absolute atomic E-state index is 5.98. The molecule has 0 saturated heterocycles. The Morgan fingerprint density at radius 3 is 2.24 bits per heavy atom. The summed E-state index contributed by atoms with van der Waals surface area (Å²) in [5, 5.41) is 3.95. The smallest absolute Gasteiger partial charge is 0.0100 e. The SMILES string of the molecule is CC(C)C1CCCCC1NC1CCC(N)CC1. The second-order valence-corrected chi connectivity index (χ2v) is 6.58. The molecule has 2 fully saturated rings. The molecule has 0 spiro atoms. The van der Waals surface area contributed by atoms with Gasteiger partial charge in [0.05, 0.1) is 0 Å². The Labute approximate surface area is 107 Å². The summed E-state index contributed by atoms with van der Waals surface area (Å²) in [6.07, 6.45) is 10.7. The Bertz CT molecular complexity index is 219. The zero-order valence-electron chi connectivity index (χ0n) is 11.6.